The smallest absolute Gasteiger partial charge is 0.279 e. The van der Waals surface area contributed by atoms with Crippen LogP contribution in [0.5, 0.6) is 0 Å². The molecule has 1 fully saturated rings. The van der Waals surface area contributed by atoms with Gasteiger partial charge >= 0.3 is 0 Å². The van der Waals surface area contributed by atoms with Gasteiger partial charge in [-0.25, -0.2) is 9.67 Å². The number of thiazole rings is 1. The molecule has 0 aliphatic carbocycles. The number of amides is 1. The maximum atomic E-state index is 12.8. The minimum atomic E-state index is -0.262. The Balaban J connectivity index is 1.52. The quantitative estimate of drug-likeness (QED) is 0.705. The third-order valence-electron chi connectivity index (χ3n) is 5.14. The van der Waals surface area contributed by atoms with Crippen molar-refractivity contribution in [1.29, 1.82) is 0 Å². The zero-order valence-corrected chi connectivity index (χ0v) is 17.1. The van der Waals surface area contributed by atoms with E-state index in [9.17, 15) is 4.79 Å². The number of aryl methyl sites for hydroxylation is 2. The number of nitrogens with zero attached hydrogens (tertiary/aromatic N) is 4. The highest BCUT2D eigenvalue weighted by atomic mass is 32.1. The Morgan fingerprint density at radius 3 is 2.61 bits per heavy atom. The van der Waals surface area contributed by atoms with Crippen molar-refractivity contribution in [2.75, 3.05) is 18.4 Å². The molecular formula is C20H24N6OS. The average molecular weight is 397 g/mol. The summed E-state index contributed by atoms with van der Waals surface area (Å²) in [7, 11) is 0. The third kappa shape index (κ3) is 3.70. The summed E-state index contributed by atoms with van der Waals surface area (Å²) in [6.45, 7) is 7.91. The largest absolute Gasteiger partial charge is 0.317 e. The van der Waals surface area contributed by atoms with E-state index < -0.39 is 0 Å². The minimum absolute atomic E-state index is 0.262. The molecule has 28 heavy (non-hydrogen) atoms. The fourth-order valence-electron chi connectivity index (χ4n) is 3.53. The van der Waals surface area contributed by atoms with E-state index in [1.165, 1.54) is 16.9 Å². The molecule has 1 aromatic carbocycles. The van der Waals surface area contributed by atoms with Crippen LogP contribution in [-0.2, 0) is 0 Å². The Bertz CT molecular complexity index is 985. The zero-order chi connectivity index (χ0) is 19.7. The molecule has 1 amide bonds. The summed E-state index contributed by atoms with van der Waals surface area (Å²) in [4.78, 5) is 18.4. The number of piperidine rings is 1. The number of hydrogen-bond acceptors (Lipinski definition) is 6. The zero-order valence-electron chi connectivity index (χ0n) is 16.3. The lowest BCUT2D eigenvalue weighted by Crippen LogP contribution is -2.30. The van der Waals surface area contributed by atoms with Gasteiger partial charge in [-0.3, -0.25) is 10.1 Å². The topological polar surface area (TPSA) is 84.7 Å². The molecule has 7 nitrogen and oxygen atoms in total. The van der Waals surface area contributed by atoms with E-state index in [1.54, 1.807) is 0 Å². The molecule has 3 aromatic rings. The molecule has 3 heterocycles. The van der Waals surface area contributed by atoms with E-state index in [0.717, 1.165) is 47.8 Å². The Morgan fingerprint density at radius 2 is 1.89 bits per heavy atom. The summed E-state index contributed by atoms with van der Waals surface area (Å²) < 4.78 is 1.89. The van der Waals surface area contributed by atoms with Crippen LogP contribution in [0.3, 0.4) is 0 Å². The summed E-state index contributed by atoms with van der Waals surface area (Å²) in [5, 5.41) is 15.2. The first-order valence-electron chi connectivity index (χ1n) is 9.51. The first-order valence-corrected chi connectivity index (χ1v) is 10.3. The van der Waals surface area contributed by atoms with E-state index >= 15 is 0 Å². The van der Waals surface area contributed by atoms with Crippen molar-refractivity contribution < 1.29 is 4.79 Å². The lowest BCUT2D eigenvalue weighted by atomic mass is 10.1. The molecule has 1 aliphatic heterocycles. The van der Waals surface area contributed by atoms with Gasteiger partial charge in [-0.05, 0) is 46.7 Å². The van der Waals surface area contributed by atoms with Gasteiger partial charge in [0.05, 0.1) is 17.4 Å². The van der Waals surface area contributed by atoms with E-state index in [0.29, 0.717) is 16.9 Å². The maximum Gasteiger partial charge on any atom is 0.279 e. The van der Waals surface area contributed by atoms with Crippen LogP contribution in [0.2, 0.25) is 0 Å². The van der Waals surface area contributed by atoms with Gasteiger partial charge in [0, 0.05) is 10.4 Å². The third-order valence-corrected chi connectivity index (χ3v) is 6.03. The second kappa shape index (κ2) is 7.81. The number of hydrogen-bond donors (Lipinski definition) is 2. The lowest BCUT2D eigenvalue weighted by molar-refractivity contribution is 0.102. The molecule has 8 heteroatoms. The summed E-state index contributed by atoms with van der Waals surface area (Å²) in [5.74, 6) is -0.262. The summed E-state index contributed by atoms with van der Waals surface area (Å²) in [6, 6.07) is 8.53. The highest BCUT2D eigenvalue weighted by Gasteiger charge is 2.23. The van der Waals surface area contributed by atoms with Crippen molar-refractivity contribution in [3.8, 4) is 11.3 Å². The maximum absolute atomic E-state index is 12.8. The van der Waals surface area contributed by atoms with E-state index in [4.69, 9.17) is 0 Å². The van der Waals surface area contributed by atoms with E-state index in [1.807, 2.05) is 18.5 Å². The van der Waals surface area contributed by atoms with Crippen molar-refractivity contribution in [3.05, 3.63) is 46.1 Å². The monoisotopic (exact) mass is 396 g/mol. The van der Waals surface area contributed by atoms with Crippen LogP contribution >= 0.6 is 11.3 Å². The first-order chi connectivity index (χ1) is 13.5. The molecule has 0 radical (unpaired) electrons. The molecule has 0 bridgehead atoms. The van der Waals surface area contributed by atoms with Crippen molar-refractivity contribution in [1.82, 2.24) is 25.3 Å². The molecule has 0 unspecified atom stereocenters. The second-order valence-electron chi connectivity index (χ2n) is 7.19. The lowest BCUT2D eigenvalue weighted by Gasteiger charge is -2.23. The predicted molar refractivity (Wildman–Crippen MR) is 111 cm³/mol. The molecule has 4 rings (SSSR count). The SMILES string of the molecule is Cc1ccc(-c2nc(NC(=O)c3nnn(C4CCNCC4)c3C)sc2C)cc1. The Morgan fingerprint density at radius 1 is 1.18 bits per heavy atom. The van der Waals surface area contributed by atoms with Crippen molar-refractivity contribution >= 4 is 22.4 Å². The summed E-state index contributed by atoms with van der Waals surface area (Å²) in [6.07, 6.45) is 1.99. The average Bonchev–Trinajstić information content (AvgIpc) is 3.25. The van der Waals surface area contributed by atoms with Crippen LogP contribution in [0.4, 0.5) is 5.13 Å². The molecule has 1 saturated heterocycles. The number of rotatable bonds is 4. The highest BCUT2D eigenvalue weighted by molar-refractivity contribution is 7.16. The van der Waals surface area contributed by atoms with Crippen molar-refractivity contribution in [3.63, 3.8) is 0 Å². The Kier molecular flexibility index (Phi) is 5.23. The van der Waals surface area contributed by atoms with Gasteiger partial charge in [0.25, 0.3) is 5.91 Å². The fourth-order valence-corrected chi connectivity index (χ4v) is 4.37. The number of carbonyl (C=O) groups is 1. The van der Waals surface area contributed by atoms with Crippen LogP contribution in [0, 0.1) is 20.8 Å². The van der Waals surface area contributed by atoms with Gasteiger partial charge < -0.3 is 5.32 Å². The fraction of sp³-hybridized carbons (Fsp3) is 0.400. The van der Waals surface area contributed by atoms with Gasteiger partial charge in [0.1, 0.15) is 0 Å². The van der Waals surface area contributed by atoms with Gasteiger partial charge in [-0.15, -0.1) is 16.4 Å². The van der Waals surface area contributed by atoms with Gasteiger partial charge in [0.15, 0.2) is 10.8 Å². The molecule has 2 aromatic heterocycles. The molecule has 2 N–H and O–H groups in total. The molecule has 146 valence electrons. The normalized spacial score (nSPS) is 15.0. The number of anilines is 1. The molecule has 0 spiro atoms. The van der Waals surface area contributed by atoms with Crippen LogP contribution in [0.15, 0.2) is 24.3 Å². The van der Waals surface area contributed by atoms with Gasteiger partial charge in [-0.2, -0.15) is 0 Å². The van der Waals surface area contributed by atoms with Crippen LogP contribution in [0.1, 0.15) is 45.5 Å². The van der Waals surface area contributed by atoms with Crippen LogP contribution < -0.4 is 10.6 Å². The van der Waals surface area contributed by atoms with Gasteiger partial charge in [-0.1, -0.05) is 35.0 Å². The van der Waals surface area contributed by atoms with E-state index in [2.05, 4.69) is 57.1 Å². The summed E-state index contributed by atoms with van der Waals surface area (Å²) in [5.41, 5.74) is 4.32. The standard InChI is InChI=1S/C20H24N6OS/c1-12-4-6-15(7-5-12)18-14(3)28-20(22-18)23-19(27)17-13(2)26(25-24-17)16-8-10-21-11-9-16/h4-7,16,21H,8-11H2,1-3H3,(H,22,23,27). The number of benzene rings is 1. The van der Waals surface area contributed by atoms with Crippen molar-refractivity contribution in [2.45, 2.75) is 39.7 Å². The molecule has 1 aliphatic rings. The predicted octanol–water partition coefficient (Wildman–Crippen LogP) is 3.50. The molecular weight excluding hydrogens is 372 g/mol. The number of nitrogens with one attached hydrogen (secondary N) is 2. The number of aromatic nitrogens is 4. The highest BCUT2D eigenvalue weighted by Crippen LogP contribution is 2.31. The molecule has 0 atom stereocenters. The molecule has 0 saturated carbocycles. The van der Waals surface area contributed by atoms with Crippen LogP contribution in [-0.4, -0.2) is 39.0 Å². The van der Waals surface area contributed by atoms with Crippen molar-refractivity contribution in [2.24, 2.45) is 0 Å². The Hall–Kier alpha value is -2.58. The Labute approximate surface area is 168 Å². The summed E-state index contributed by atoms with van der Waals surface area (Å²) >= 11 is 1.47. The van der Waals surface area contributed by atoms with Crippen LogP contribution in [0.25, 0.3) is 11.3 Å². The van der Waals surface area contributed by atoms with E-state index in [-0.39, 0.29) is 5.91 Å². The minimum Gasteiger partial charge on any atom is -0.317 e. The van der Waals surface area contributed by atoms with Gasteiger partial charge in [0.2, 0.25) is 0 Å². The first kappa shape index (κ1) is 18.8. The second-order valence-corrected chi connectivity index (χ2v) is 8.40. The number of carbonyl (C=O) groups excluding carboxylic acids is 1.